The first-order chi connectivity index (χ1) is 15.5. The fourth-order valence-electron chi connectivity index (χ4n) is 3.97. The Balaban J connectivity index is 2.00. The predicted octanol–water partition coefficient (Wildman–Crippen LogP) is 8.19. The minimum Gasteiger partial charge on any atom is -0.488 e. The van der Waals surface area contributed by atoms with Crippen molar-refractivity contribution in [2.24, 2.45) is 0 Å². The van der Waals surface area contributed by atoms with Crippen LogP contribution in [0.25, 0.3) is 0 Å². The van der Waals surface area contributed by atoms with Crippen LogP contribution in [-0.4, -0.2) is 22.5 Å². The quantitative estimate of drug-likeness (QED) is 0.132. The Morgan fingerprint density at radius 3 is 1.59 bits per heavy atom. The number of benzene rings is 1. The molecule has 0 fully saturated rings. The summed E-state index contributed by atoms with van der Waals surface area (Å²) in [4.78, 5) is 18.0. The zero-order valence-corrected chi connectivity index (χ0v) is 21.2. The summed E-state index contributed by atoms with van der Waals surface area (Å²) in [5.74, 6) is 0.698. The Kier molecular flexibility index (Phi) is 17.8. The van der Waals surface area contributed by atoms with Crippen molar-refractivity contribution < 1.29 is 23.6 Å². The lowest BCUT2D eigenvalue weighted by molar-refractivity contribution is 0.0941. The molecule has 0 aromatic heterocycles. The minimum absolute atomic E-state index is 0.0993. The van der Waals surface area contributed by atoms with E-state index in [1.165, 1.54) is 89.9 Å². The molecule has 1 rings (SSSR count). The van der Waals surface area contributed by atoms with Gasteiger partial charge in [0.2, 0.25) is 0 Å². The van der Waals surface area contributed by atoms with Crippen LogP contribution in [0.15, 0.2) is 30.3 Å². The number of rotatable bonds is 22. The number of phosphoric acid groups is 1. The average molecular weight is 471 g/mol. The molecule has 0 spiro atoms. The number of para-hydroxylation sites is 1. The average Bonchev–Trinajstić information content (AvgIpc) is 2.77. The van der Waals surface area contributed by atoms with Crippen LogP contribution >= 0.6 is 7.82 Å². The van der Waals surface area contributed by atoms with Crippen LogP contribution in [0.2, 0.25) is 0 Å². The van der Waals surface area contributed by atoms with Crippen molar-refractivity contribution in [3.8, 4) is 5.75 Å². The van der Waals surface area contributed by atoms with Crippen LogP contribution in [0, 0.1) is 0 Å². The summed E-state index contributed by atoms with van der Waals surface area (Å²) in [6.45, 7) is 2.17. The molecular weight excluding hydrogens is 423 g/mol. The second kappa shape index (κ2) is 19.6. The summed E-state index contributed by atoms with van der Waals surface area (Å²) in [5, 5.41) is 0. The molecule has 0 bridgehead atoms. The van der Waals surface area contributed by atoms with Crippen molar-refractivity contribution in [2.75, 3.05) is 6.61 Å². The van der Waals surface area contributed by atoms with Crippen LogP contribution in [-0.2, 0) is 9.09 Å². The Bertz CT molecular complexity index is 575. The first-order valence-electron chi connectivity index (χ1n) is 12.9. The maximum Gasteiger partial charge on any atom is 0.469 e. The molecule has 0 amide bonds. The monoisotopic (exact) mass is 470 g/mol. The normalized spacial score (nSPS) is 12.7. The van der Waals surface area contributed by atoms with Crippen LogP contribution < -0.4 is 4.74 Å². The summed E-state index contributed by atoms with van der Waals surface area (Å²) < 4.78 is 21.6. The van der Waals surface area contributed by atoms with Crippen molar-refractivity contribution in [2.45, 2.75) is 122 Å². The van der Waals surface area contributed by atoms with Gasteiger partial charge in [-0.15, -0.1) is 0 Å². The van der Waals surface area contributed by atoms with E-state index in [1.54, 1.807) is 0 Å². The van der Waals surface area contributed by atoms with Crippen molar-refractivity contribution in [1.82, 2.24) is 0 Å². The van der Waals surface area contributed by atoms with Gasteiger partial charge in [0.1, 0.15) is 11.9 Å². The van der Waals surface area contributed by atoms with Crippen LogP contribution in [0.3, 0.4) is 0 Å². The van der Waals surface area contributed by atoms with Gasteiger partial charge in [0.05, 0.1) is 6.61 Å². The molecular formula is C26H47O5P. The lowest BCUT2D eigenvalue weighted by Crippen LogP contribution is -2.22. The summed E-state index contributed by atoms with van der Waals surface area (Å²) in [6.07, 6.45) is 21.5. The summed E-state index contributed by atoms with van der Waals surface area (Å²) in [5.41, 5.74) is 0. The number of hydrogen-bond acceptors (Lipinski definition) is 3. The van der Waals surface area contributed by atoms with Crippen molar-refractivity contribution >= 4 is 7.82 Å². The van der Waals surface area contributed by atoms with E-state index in [-0.39, 0.29) is 12.7 Å². The highest BCUT2D eigenvalue weighted by atomic mass is 31.2. The van der Waals surface area contributed by atoms with Crippen molar-refractivity contribution in [1.29, 1.82) is 0 Å². The van der Waals surface area contributed by atoms with Gasteiger partial charge in [-0.25, -0.2) is 4.57 Å². The summed E-state index contributed by atoms with van der Waals surface area (Å²) in [7, 11) is -4.48. The number of unbranched alkanes of at least 4 members (excludes halogenated alkanes) is 15. The maximum atomic E-state index is 11.0. The molecule has 0 radical (unpaired) electrons. The largest absolute Gasteiger partial charge is 0.488 e. The molecule has 0 aliphatic carbocycles. The van der Waals surface area contributed by atoms with Gasteiger partial charge in [-0.1, -0.05) is 121 Å². The van der Waals surface area contributed by atoms with E-state index in [1.807, 2.05) is 30.3 Å². The molecule has 5 nitrogen and oxygen atoms in total. The summed E-state index contributed by atoms with van der Waals surface area (Å²) >= 11 is 0. The molecule has 2 N–H and O–H groups in total. The van der Waals surface area contributed by atoms with Gasteiger partial charge in [0.25, 0.3) is 0 Å². The zero-order valence-electron chi connectivity index (χ0n) is 20.3. The first-order valence-corrected chi connectivity index (χ1v) is 14.5. The third kappa shape index (κ3) is 18.7. The minimum atomic E-state index is -4.48. The third-order valence-electron chi connectivity index (χ3n) is 5.85. The molecule has 0 aliphatic heterocycles. The highest BCUT2D eigenvalue weighted by Gasteiger charge is 2.19. The predicted molar refractivity (Wildman–Crippen MR) is 133 cm³/mol. The second-order valence-electron chi connectivity index (χ2n) is 8.93. The third-order valence-corrected chi connectivity index (χ3v) is 6.34. The Labute approximate surface area is 196 Å². The van der Waals surface area contributed by atoms with Gasteiger partial charge in [-0.3, -0.25) is 4.52 Å². The molecule has 1 atom stereocenters. The molecule has 1 unspecified atom stereocenters. The Morgan fingerprint density at radius 2 is 1.16 bits per heavy atom. The van der Waals surface area contributed by atoms with Crippen molar-refractivity contribution in [3.63, 3.8) is 0 Å². The standard InChI is InChI=1S/C26H47O5P/c1-2-3-4-5-6-7-8-9-10-11-12-13-14-15-16-18-23-26(24-30-32(27,28)29)31-25-21-19-17-20-22-25/h17,19-22,26H,2-16,18,23-24H2,1H3,(H2,27,28,29). The molecule has 32 heavy (non-hydrogen) atoms. The second-order valence-corrected chi connectivity index (χ2v) is 10.2. The SMILES string of the molecule is CCCCCCCCCCCCCCCCCCC(COP(=O)(O)O)Oc1ccccc1. The molecule has 1 aromatic rings. The maximum absolute atomic E-state index is 11.0. The topological polar surface area (TPSA) is 76.0 Å². The van der Waals surface area contributed by atoms with Gasteiger partial charge in [0, 0.05) is 0 Å². The van der Waals surface area contributed by atoms with E-state index < -0.39 is 7.82 Å². The van der Waals surface area contributed by atoms with E-state index in [9.17, 15) is 4.57 Å². The van der Waals surface area contributed by atoms with Crippen molar-refractivity contribution in [3.05, 3.63) is 30.3 Å². The first kappa shape index (κ1) is 29.2. The highest BCUT2D eigenvalue weighted by Crippen LogP contribution is 2.36. The number of ether oxygens (including phenoxy) is 1. The Morgan fingerprint density at radius 1 is 0.719 bits per heavy atom. The van der Waals surface area contributed by atoms with Gasteiger partial charge in [0.15, 0.2) is 0 Å². The molecule has 0 saturated carbocycles. The molecule has 0 heterocycles. The van der Waals surface area contributed by atoms with E-state index >= 15 is 0 Å². The molecule has 0 aliphatic rings. The van der Waals surface area contributed by atoms with Crippen LogP contribution in [0.1, 0.15) is 116 Å². The van der Waals surface area contributed by atoms with Crippen LogP contribution in [0.5, 0.6) is 5.75 Å². The Hall–Kier alpha value is -0.870. The van der Waals surface area contributed by atoms with E-state index in [4.69, 9.17) is 14.5 Å². The van der Waals surface area contributed by atoms with E-state index in [2.05, 4.69) is 11.4 Å². The number of phosphoric ester groups is 1. The summed E-state index contributed by atoms with van der Waals surface area (Å²) in [6, 6.07) is 9.36. The van der Waals surface area contributed by atoms with Gasteiger partial charge in [-0.05, 0) is 25.0 Å². The molecule has 0 saturated heterocycles. The van der Waals surface area contributed by atoms with Gasteiger partial charge in [-0.2, -0.15) is 0 Å². The zero-order chi connectivity index (χ0) is 23.3. The fraction of sp³-hybridized carbons (Fsp3) is 0.769. The molecule has 1 aromatic carbocycles. The highest BCUT2D eigenvalue weighted by molar-refractivity contribution is 7.46. The molecule has 6 heteroatoms. The smallest absolute Gasteiger partial charge is 0.469 e. The van der Waals surface area contributed by atoms with E-state index in [0.29, 0.717) is 5.75 Å². The van der Waals surface area contributed by atoms with Gasteiger partial charge < -0.3 is 14.5 Å². The molecule has 186 valence electrons. The lowest BCUT2D eigenvalue weighted by Gasteiger charge is -2.19. The van der Waals surface area contributed by atoms with E-state index in [0.717, 1.165) is 19.3 Å². The number of hydrogen-bond donors (Lipinski definition) is 2. The fourth-order valence-corrected chi connectivity index (χ4v) is 4.33. The van der Waals surface area contributed by atoms with Crippen LogP contribution in [0.4, 0.5) is 0 Å². The van der Waals surface area contributed by atoms with Gasteiger partial charge >= 0.3 is 7.82 Å². The lowest BCUT2D eigenvalue weighted by atomic mass is 10.0.